The van der Waals surface area contributed by atoms with Crippen LogP contribution >= 0.6 is 11.8 Å². The number of hydrogen-bond donors (Lipinski definition) is 5. The number of carboxylic acid groups (broad SMARTS) is 2. The van der Waals surface area contributed by atoms with Crippen molar-refractivity contribution in [2.75, 3.05) is 20.6 Å². The van der Waals surface area contributed by atoms with E-state index >= 15 is 0 Å². The molecule has 10 heteroatoms. The minimum absolute atomic E-state index is 0.00718. The van der Waals surface area contributed by atoms with E-state index in [4.69, 9.17) is 0 Å². The van der Waals surface area contributed by atoms with Gasteiger partial charge in [-0.3, -0.25) is 9.59 Å². The number of amides is 1. The fraction of sp³-hybridized carbons (Fsp3) is 0.722. The predicted octanol–water partition coefficient (Wildman–Crippen LogP) is -0.0859. The maximum absolute atomic E-state index is 12.1. The number of aliphatic carboxylic acids is 2. The summed E-state index contributed by atoms with van der Waals surface area (Å²) in [6.45, 7) is 3.88. The number of rotatable bonds is 8. The number of aliphatic hydroxyl groups is 1. The lowest BCUT2D eigenvalue weighted by molar-refractivity contribution is -0.146. The molecule has 158 valence electrons. The lowest BCUT2D eigenvalue weighted by Crippen LogP contribution is -2.39. The third kappa shape index (κ3) is 4.98. The number of nitrogens with one attached hydrogen (secondary N) is 2. The van der Waals surface area contributed by atoms with Gasteiger partial charge in [0, 0.05) is 42.8 Å². The Morgan fingerprint density at radius 3 is 2.43 bits per heavy atom. The summed E-state index contributed by atoms with van der Waals surface area (Å²) in [5.74, 6) is -3.39. The largest absolute Gasteiger partial charge is 0.481 e. The van der Waals surface area contributed by atoms with Crippen LogP contribution in [0, 0.1) is 11.8 Å². The Hall–Kier alpha value is -1.78. The number of nitrogens with zero attached hydrogens (tertiary/aromatic N) is 1. The quantitative estimate of drug-likeness (QED) is 0.368. The van der Waals surface area contributed by atoms with Gasteiger partial charge in [0.05, 0.1) is 18.1 Å². The Labute approximate surface area is 168 Å². The van der Waals surface area contributed by atoms with Crippen molar-refractivity contribution in [2.45, 2.75) is 50.1 Å². The van der Waals surface area contributed by atoms with Crippen molar-refractivity contribution in [2.24, 2.45) is 11.8 Å². The molecule has 0 radical (unpaired) electrons. The van der Waals surface area contributed by atoms with Gasteiger partial charge in [-0.05, 0) is 19.8 Å². The van der Waals surface area contributed by atoms with Gasteiger partial charge >= 0.3 is 11.9 Å². The van der Waals surface area contributed by atoms with Crippen LogP contribution in [0.3, 0.4) is 0 Å². The maximum atomic E-state index is 12.1. The minimum atomic E-state index is -1.10. The van der Waals surface area contributed by atoms with E-state index in [1.54, 1.807) is 14.1 Å². The molecule has 2 rings (SSSR count). The second-order valence-corrected chi connectivity index (χ2v) is 9.02. The molecular formula is C18H29N3O6S. The minimum Gasteiger partial charge on any atom is -0.481 e. The molecule has 1 fully saturated rings. The van der Waals surface area contributed by atoms with Gasteiger partial charge in [0.1, 0.15) is 5.70 Å². The van der Waals surface area contributed by atoms with E-state index in [0.29, 0.717) is 17.9 Å². The van der Waals surface area contributed by atoms with Crippen LogP contribution in [0.1, 0.15) is 26.7 Å². The Balaban J connectivity index is 2.09. The van der Waals surface area contributed by atoms with Crippen molar-refractivity contribution >= 4 is 29.6 Å². The van der Waals surface area contributed by atoms with Gasteiger partial charge in [-0.25, -0.2) is 4.79 Å². The summed E-state index contributed by atoms with van der Waals surface area (Å²) in [5.41, 5.74) is 0.0830. The summed E-state index contributed by atoms with van der Waals surface area (Å²) in [6, 6.07) is -0.675. The molecule has 0 spiro atoms. The average Bonchev–Trinajstić information content (AvgIpc) is 3.17. The van der Waals surface area contributed by atoms with Crippen LogP contribution in [0.2, 0.25) is 0 Å². The molecule has 9 nitrogen and oxygen atoms in total. The van der Waals surface area contributed by atoms with Gasteiger partial charge in [0.25, 0.3) is 0 Å². The zero-order valence-electron chi connectivity index (χ0n) is 16.5. The van der Waals surface area contributed by atoms with Crippen LogP contribution in [0.4, 0.5) is 0 Å². The molecule has 6 atom stereocenters. The maximum Gasteiger partial charge on any atom is 0.352 e. The summed E-state index contributed by atoms with van der Waals surface area (Å²) in [6.07, 6.45) is -0.311. The Morgan fingerprint density at radius 1 is 1.29 bits per heavy atom. The van der Waals surface area contributed by atoms with Crippen LogP contribution in [-0.2, 0) is 14.4 Å². The van der Waals surface area contributed by atoms with Gasteiger partial charge in [0.2, 0.25) is 5.91 Å². The molecule has 2 aliphatic rings. The van der Waals surface area contributed by atoms with Gasteiger partial charge < -0.3 is 30.9 Å². The van der Waals surface area contributed by atoms with Crippen LogP contribution in [-0.4, -0.2) is 82.1 Å². The highest BCUT2D eigenvalue weighted by molar-refractivity contribution is 8.03. The highest BCUT2D eigenvalue weighted by atomic mass is 32.2. The van der Waals surface area contributed by atoms with Crippen LogP contribution in [0.5, 0.6) is 0 Å². The van der Waals surface area contributed by atoms with Crippen LogP contribution in [0.25, 0.3) is 0 Å². The second-order valence-electron chi connectivity index (χ2n) is 7.67. The zero-order valence-corrected chi connectivity index (χ0v) is 17.3. The molecule has 0 bridgehead atoms. The molecule has 0 aromatic heterocycles. The number of thioether (sulfide) groups is 1. The molecule has 2 heterocycles. The van der Waals surface area contributed by atoms with Gasteiger partial charge in [-0.15, -0.1) is 11.8 Å². The van der Waals surface area contributed by atoms with E-state index < -0.39 is 30.0 Å². The molecule has 1 saturated heterocycles. The third-order valence-corrected chi connectivity index (χ3v) is 6.86. The molecule has 1 amide bonds. The number of hydrogen-bond acceptors (Lipinski definition) is 7. The summed E-state index contributed by atoms with van der Waals surface area (Å²) < 4.78 is 0. The molecular weight excluding hydrogens is 386 g/mol. The first kappa shape index (κ1) is 22.5. The summed E-state index contributed by atoms with van der Waals surface area (Å²) in [7, 11) is 3.40. The van der Waals surface area contributed by atoms with E-state index in [1.165, 1.54) is 23.6 Å². The molecule has 28 heavy (non-hydrogen) atoms. The summed E-state index contributed by atoms with van der Waals surface area (Å²) in [5, 5.41) is 34.8. The Bertz CT molecular complexity index is 666. The average molecular weight is 416 g/mol. The molecule has 0 aromatic carbocycles. The van der Waals surface area contributed by atoms with E-state index in [-0.39, 0.29) is 35.2 Å². The SMILES string of the molecule is C[C@@H](O)[C@@H](C[C@@H]1NC(C(=O)O)=C(S[C@@H]2CN[C@H](C(=O)N(C)C)C2)[C@@H]1C)C(=O)O. The fourth-order valence-electron chi connectivity index (χ4n) is 3.64. The number of aliphatic hydroxyl groups excluding tert-OH is 1. The lowest BCUT2D eigenvalue weighted by Gasteiger charge is -2.24. The van der Waals surface area contributed by atoms with Crippen molar-refractivity contribution in [1.82, 2.24) is 15.5 Å². The number of carbonyl (C=O) groups is 3. The fourth-order valence-corrected chi connectivity index (χ4v) is 5.11. The standard InChI is InChI=1S/C18H29N3O6S/c1-8-12(6-11(9(2)22)17(24)25)20-14(18(26)27)15(8)28-10-5-13(19-7-10)16(23)21(3)4/h8-13,19-20,22H,5-7H2,1-4H3,(H,24,25)(H,26,27)/t8-,9-,10+,11-,12+,13+/m1/s1. The third-order valence-electron chi connectivity index (χ3n) is 5.34. The van der Waals surface area contributed by atoms with Gasteiger partial charge in [-0.1, -0.05) is 6.92 Å². The molecule has 5 N–H and O–H groups in total. The summed E-state index contributed by atoms with van der Waals surface area (Å²) >= 11 is 1.43. The zero-order chi connectivity index (χ0) is 21.2. The molecule has 2 aliphatic heterocycles. The predicted molar refractivity (Wildman–Crippen MR) is 105 cm³/mol. The Morgan fingerprint density at radius 2 is 1.93 bits per heavy atom. The normalized spacial score (nSPS) is 29.3. The van der Waals surface area contributed by atoms with Gasteiger partial charge in [0.15, 0.2) is 0 Å². The topological polar surface area (TPSA) is 139 Å². The summed E-state index contributed by atoms with van der Waals surface area (Å²) in [4.78, 5) is 37.4. The molecule has 0 saturated carbocycles. The van der Waals surface area contributed by atoms with E-state index in [9.17, 15) is 29.7 Å². The number of likely N-dealkylation sites (N-methyl/N-ethyl adjacent to an activating group) is 1. The lowest BCUT2D eigenvalue weighted by atomic mass is 9.90. The van der Waals surface area contributed by atoms with Crippen LogP contribution in [0.15, 0.2) is 10.6 Å². The molecule has 0 aliphatic carbocycles. The van der Waals surface area contributed by atoms with Crippen molar-refractivity contribution in [3.63, 3.8) is 0 Å². The van der Waals surface area contributed by atoms with Crippen molar-refractivity contribution < 1.29 is 29.7 Å². The van der Waals surface area contributed by atoms with E-state index in [2.05, 4.69) is 10.6 Å². The first-order valence-electron chi connectivity index (χ1n) is 9.29. The highest BCUT2D eigenvalue weighted by Gasteiger charge is 2.40. The second kappa shape index (κ2) is 9.15. The van der Waals surface area contributed by atoms with E-state index in [0.717, 1.165) is 0 Å². The molecule has 0 aromatic rings. The number of carbonyl (C=O) groups excluding carboxylic acids is 1. The monoisotopic (exact) mass is 415 g/mol. The van der Waals surface area contributed by atoms with Crippen molar-refractivity contribution in [1.29, 1.82) is 0 Å². The van der Waals surface area contributed by atoms with Gasteiger partial charge in [-0.2, -0.15) is 0 Å². The number of carboxylic acids is 2. The first-order valence-corrected chi connectivity index (χ1v) is 10.2. The Kier molecular flexibility index (Phi) is 7.35. The first-order chi connectivity index (χ1) is 13.0. The van der Waals surface area contributed by atoms with E-state index in [1.807, 2.05) is 6.92 Å². The van der Waals surface area contributed by atoms with Crippen molar-refractivity contribution in [3.8, 4) is 0 Å². The van der Waals surface area contributed by atoms with Crippen molar-refractivity contribution in [3.05, 3.63) is 10.6 Å². The smallest absolute Gasteiger partial charge is 0.352 e. The van der Waals surface area contributed by atoms with Crippen LogP contribution < -0.4 is 10.6 Å². The highest BCUT2D eigenvalue weighted by Crippen LogP contribution is 2.41. The molecule has 0 unspecified atom stereocenters.